The van der Waals surface area contributed by atoms with Gasteiger partial charge in [0.1, 0.15) is 5.82 Å². The number of amides is 1. The van der Waals surface area contributed by atoms with Crippen LogP contribution in [0.5, 0.6) is 11.5 Å². The molecule has 298 valence electrons. The number of fused-ring (bicyclic) bond motifs is 1. The van der Waals surface area contributed by atoms with E-state index in [4.69, 9.17) is 9.47 Å². The van der Waals surface area contributed by atoms with E-state index in [0.717, 1.165) is 67.8 Å². The first-order valence-corrected chi connectivity index (χ1v) is 20.2. The highest BCUT2D eigenvalue weighted by Crippen LogP contribution is 2.39. The Hall–Kier alpha value is -4.04. The molecule has 8 heteroatoms. The van der Waals surface area contributed by atoms with Crippen LogP contribution < -0.4 is 19.3 Å². The van der Waals surface area contributed by atoms with Crippen LogP contribution in [0.2, 0.25) is 0 Å². The van der Waals surface area contributed by atoms with E-state index in [-0.39, 0.29) is 17.8 Å². The van der Waals surface area contributed by atoms with Gasteiger partial charge in [-0.25, -0.2) is 4.39 Å². The molecule has 3 aliphatic rings. The second-order valence-corrected chi connectivity index (χ2v) is 15.1. The number of aryl methyl sites for hydroxylation is 2. The number of piperazine rings is 1. The van der Waals surface area contributed by atoms with Crippen LogP contribution in [-0.2, 0) is 17.8 Å². The highest BCUT2D eigenvalue weighted by molar-refractivity contribution is 5.78. The van der Waals surface area contributed by atoms with Crippen molar-refractivity contribution < 1.29 is 18.7 Å². The summed E-state index contributed by atoms with van der Waals surface area (Å²) in [7, 11) is 5.59. The zero-order valence-electron chi connectivity index (χ0n) is 35.3. The quantitative estimate of drug-likeness (QED) is 0.229. The van der Waals surface area contributed by atoms with Crippen molar-refractivity contribution in [2.24, 2.45) is 5.92 Å². The Morgan fingerprint density at radius 2 is 1.48 bits per heavy atom. The highest BCUT2D eigenvalue weighted by Gasteiger charge is 2.31. The fourth-order valence-corrected chi connectivity index (χ4v) is 7.18. The number of hydrogen-bond donors (Lipinski definition) is 0. The Labute approximate surface area is 327 Å². The summed E-state index contributed by atoms with van der Waals surface area (Å²) < 4.78 is 27.2. The molecule has 0 radical (unpaired) electrons. The number of rotatable bonds is 8. The molecule has 6 rings (SSSR count). The Balaban J connectivity index is 0.000000517. The van der Waals surface area contributed by atoms with Gasteiger partial charge in [-0.3, -0.25) is 9.69 Å². The number of carbonyl (C=O) groups is 1. The van der Waals surface area contributed by atoms with Gasteiger partial charge in [0.2, 0.25) is 5.91 Å². The van der Waals surface area contributed by atoms with Gasteiger partial charge in [-0.2, -0.15) is 0 Å². The van der Waals surface area contributed by atoms with E-state index in [1.165, 1.54) is 17.5 Å². The van der Waals surface area contributed by atoms with Crippen LogP contribution in [0.1, 0.15) is 95.9 Å². The fraction of sp³-hybridized carbons (Fsp3) is 0.543. The van der Waals surface area contributed by atoms with E-state index in [0.29, 0.717) is 48.7 Å². The Bertz CT molecular complexity index is 1600. The minimum atomic E-state index is -0.241. The van der Waals surface area contributed by atoms with Crippen molar-refractivity contribution in [3.8, 4) is 11.5 Å². The third-order valence-electron chi connectivity index (χ3n) is 10.2. The predicted octanol–water partition coefficient (Wildman–Crippen LogP) is 10.2. The molecule has 2 heterocycles. The largest absolute Gasteiger partial charge is 0.493 e. The van der Waals surface area contributed by atoms with Crippen molar-refractivity contribution >= 4 is 17.3 Å². The molecule has 2 fully saturated rings. The van der Waals surface area contributed by atoms with Crippen LogP contribution in [0.25, 0.3) is 0 Å². The topological polar surface area (TPSA) is 48.5 Å². The monoisotopic (exact) mass is 745 g/mol. The SMILES string of the molecule is C=C1Cc2cc(OC)c(OC(C)C)cc2CN1c1ccc(N(C)CC2CCC(N3CCN(C)C(=O)C3)CC2)cc1F.CC.CCC.Cc1ccc(C)cc1. The van der Waals surface area contributed by atoms with E-state index in [1.807, 2.05) is 68.8 Å². The van der Waals surface area contributed by atoms with E-state index >= 15 is 4.39 Å². The first-order valence-electron chi connectivity index (χ1n) is 20.2. The van der Waals surface area contributed by atoms with Crippen LogP contribution >= 0.6 is 0 Å². The maximum absolute atomic E-state index is 15.6. The molecule has 0 N–H and O–H groups in total. The molecule has 0 atom stereocenters. The molecule has 54 heavy (non-hydrogen) atoms. The van der Waals surface area contributed by atoms with Gasteiger partial charge in [-0.15, -0.1) is 0 Å². The fourth-order valence-electron chi connectivity index (χ4n) is 7.18. The minimum Gasteiger partial charge on any atom is -0.493 e. The zero-order chi connectivity index (χ0) is 39.9. The number of methoxy groups -OCH3 is 1. The van der Waals surface area contributed by atoms with E-state index in [2.05, 4.69) is 75.4 Å². The van der Waals surface area contributed by atoms with Gasteiger partial charge in [-0.1, -0.05) is 76.1 Å². The zero-order valence-corrected chi connectivity index (χ0v) is 35.3. The number of likely N-dealkylation sites (N-methyl/N-ethyl adjacent to an activating group) is 1. The summed E-state index contributed by atoms with van der Waals surface area (Å²) in [5.74, 6) is 1.97. The standard InChI is InChI=1S/C33H45FN4O3.C8H10.C3H8.C2H6/c1-22(2)41-32-17-26-20-38(23(3)15-25(26)16-31(32)40-6)30-12-11-28(18-29(30)34)36(5)19-24-7-9-27(10-8-24)37-14-13-35(4)33(39)21-37;1-7-3-5-8(2)6-4-7;1-3-2;1-2/h11-12,16-18,22,24,27H,3,7-10,13-15,19-21H2,1-2,4-6H3;3-6H,1-2H3;3H2,1-2H3;1-2H3. The molecule has 2 aliphatic heterocycles. The second kappa shape index (κ2) is 21.7. The molecule has 1 amide bonds. The maximum Gasteiger partial charge on any atom is 0.236 e. The van der Waals surface area contributed by atoms with Crippen molar-refractivity contribution in [1.82, 2.24) is 9.80 Å². The number of nitrogens with zero attached hydrogens (tertiary/aromatic N) is 4. The Morgan fingerprint density at radius 3 is 2.02 bits per heavy atom. The van der Waals surface area contributed by atoms with E-state index in [1.54, 1.807) is 13.2 Å². The second-order valence-electron chi connectivity index (χ2n) is 15.1. The molecule has 1 saturated carbocycles. The molecule has 3 aromatic carbocycles. The van der Waals surface area contributed by atoms with Crippen molar-refractivity contribution in [1.29, 1.82) is 0 Å². The number of ether oxygens (including phenoxy) is 2. The molecule has 0 spiro atoms. The van der Waals surface area contributed by atoms with Gasteiger partial charge in [0.05, 0.1) is 25.4 Å². The summed E-state index contributed by atoms with van der Waals surface area (Å²) >= 11 is 0. The lowest BCUT2D eigenvalue weighted by atomic mass is 9.84. The maximum atomic E-state index is 15.6. The van der Waals surface area contributed by atoms with Crippen molar-refractivity contribution in [2.45, 2.75) is 113 Å². The average molecular weight is 745 g/mol. The smallest absolute Gasteiger partial charge is 0.236 e. The van der Waals surface area contributed by atoms with Crippen LogP contribution in [0.4, 0.5) is 15.8 Å². The summed E-state index contributed by atoms with van der Waals surface area (Å²) in [5.41, 5.74) is 7.17. The van der Waals surface area contributed by atoms with Gasteiger partial charge in [-0.05, 0) is 101 Å². The third-order valence-corrected chi connectivity index (χ3v) is 10.2. The summed E-state index contributed by atoms with van der Waals surface area (Å²) in [4.78, 5) is 20.5. The number of allylic oxidation sites excluding steroid dienone is 1. The summed E-state index contributed by atoms with van der Waals surface area (Å²) in [6, 6.07) is 18.6. The molecular formula is C46H69FN4O3. The third kappa shape index (κ3) is 12.5. The average Bonchev–Trinajstić information content (AvgIpc) is 3.15. The first-order chi connectivity index (χ1) is 25.8. The molecular weight excluding hydrogens is 676 g/mol. The van der Waals surface area contributed by atoms with Crippen molar-refractivity contribution in [2.75, 3.05) is 57.2 Å². The molecule has 0 aromatic heterocycles. The number of halogens is 1. The van der Waals surface area contributed by atoms with Crippen LogP contribution in [0.15, 0.2) is 66.9 Å². The van der Waals surface area contributed by atoms with Gasteiger partial charge >= 0.3 is 0 Å². The first kappa shape index (κ1) is 44.4. The highest BCUT2D eigenvalue weighted by atomic mass is 19.1. The van der Waals surface area contributed by atoms with Crippen molar-refractivity contribution in [3.05, 3.63) is 94.9 Å². The van der Waals surface area contributed by atoms with E-state index in [9.17, 15) is 4.79 Å². The van der Waals surface area contributed by atoms with Crippen LogP contribution in [0, 0.1) is 25.6 Å². The number of carbonyl (C=O) groups excluding carboxylic acids is 1. The lowest BCUT2D eigenvalue weighted by molar-refractivity contribution is -0.135. The number of anilines is 2. The molecule has 0 unspecified atom stereocenters. The van der Waals surface area contributed by atoms with E-state index < -0.39 is 0 Å². The Kier molecular flexibility index (Phi) is 17.9. The lowest BCUT2D eigenvalue weighted by Crippen LogP contribution is -2.53. The predicted molar refractivity (Wildman–Crippen MR) is 226 cm³/mol. The molecule has 3 aromatic rings. The Morgan fingerprint density at radius 1 is 0.889 bits per heavy atom. The van der Waals surface area contributed by atoms with Gasteiger partial charge in [0.25, 0.3) is 0 Å². The summed E-state index contributed by atoms with van der Waals surface area (Å²) in [6.45, 7) is 24.5. The van der Waals surface area contributed by atoms with Gasteiger partial charge in [0, 0.05) is 64.1 Å². The van der Waals surface area contributed by atoms with Crippen LogP contribution in [-0.4, -0.2) is 75.2 Å². The number of hydrogen-bond acceptors (Lipinski definition) is 6. The molecule has 1 aliphatic carbocycles. The van der Waals surface area contributed by atoms with Crippen LogP contribution in [0.3, 0.4) is 0 Å². The number of benzene rings is 3. The van der Waals surface area contributed by atoms with Gasteiger partial charge in [0.15, 0.2) is 11.5 Å². The molecule has 7 nitrogen and oxygen atoms in total. The van der Waals surface area contributed by atoms with Gasteiger partial charge < -0.3 is 24.2 Å². The summed E-state index contributed by atoms with van der Waals surface area (Å²) in [5, 5.41) is 0. The normalized spacial score (nSPS) is 18.3. The molecule has 1 saturated heterocycles. The summed E-state index contributed by atoms with van der Waals surface area (Å²) in [6.07, 6.45) is 6.41. The minimum absolute atomic E-state index is 0.0243. The van der Waals surface area contributed by atoms with Crippen molar-refractivity contribution in [3.63, 3.8) is 0 Å². The molecule has 0 bridgehead atoms. The lowest BCUT2D eigenvalue weighted by Gasteiger charge is -2.41.